The Morgan fingerprint density at radius 2 is 1.79 bits per heavy atom. The van der Waals surface area contributed by atoms with Crippen LogP contribution in [0.2, 0.25) is 0 Å². The zero-order valence-electron chi connectivity index (χ0n) is 14.9. The molecule has 148 valence electrons. The van der Waals surface area contributed by atoms with E-state index in [0.29, 0.717) is 11.1 Å². The number of carboxylic acid groups (broad SMARTS) is 1. The van der Waals surface area contributed by atoms with Crippen LogP contribution in [0, 0.1) is 5.82 Å². The number of para-hydroxylation sites is 1. The van der Waals surface area contributed by atoms with Crippen molar-refractivity contribution in [2.24, 2.45) is 0 Å². The van der Waals surface area contributed by atoms with E-state index in [1.165, 1.54) is 42.5 Å². The Morgan fingerprint density at radius 1 is 1.10 bits per heavy atom. The first-order valence-corrected chi connectivity index (χ1v) is 8.42. The standard InChI is InChI=1S/C20H15FN2O6/c21-14-7-5-12(6-8-14)10-23-19(27)15(18(26)22-20(23)28)9-13-3-1-2-4-16(13)29-11-17(24)25/h1-9H,10-11H2,(H,24,25)(H,22,26,28)/b15-9+. The highest BCUT2D eigenvalue weighted by molar-refractivity contribution is 6.31. The zero-order valence-corrected chi connectivity index (χ0v) is 14.9. The van der Waals surface area contributed by atoms with Crippen molar-refractivity contribution in [3.05, 3.63) is 71.0 Å². The summed E-state index contributed by atoms with van der Waals surface area (Å²) >= 11 is 0. The number of halogens is 1. The van der Waals surface area contributed by atoms with Gasteiger partial charge >= 0.3 is 12.0 Å². The average molecular weight is 398 g/mol. The SMILES string of the molecule is O=C(O)COc1ccccc1/C=C1\C(=O)NC(=O)N(Cc2ccc(F)cc2)C1=O. The van der Waals surface area contributed by atoms with Gasteiger partial charge in [-0.05, 0) is 29.8 Å². The Hall–Kier alpha value is -4.01. The first kappa shape index (κ1) is 19.7. The molecule has 0 radical (unpaired) electrons. The van der Waals surface area contributed by atoms with E-state index in [2.05, 4.69) is 5.32 Å². The highest BCUT2D eigenvalue weighted by atomic mass is 19.1. The fraction of sp³-hybridized carbons (Fsp3) is 0.100. The van der Waals surface area contributed by atoms with E-state index in [1.807, 2.05) is 0 Å². The second-order valence-electron chi connectivity index (χ2n) is 6.06. The summed E-state index contributed by atoms with van der Waals surface area (Å²) in [5.74, 6) is -3.21. The molecule has 2 N–H and O–H groups in total. The number of imide groups is 2. The molecule has 9 heteroatoms. The minimum Gasteiger partial charge on any atom is -0.481 e. The quantitative estimate of drug-likeness (QED) is 0.568. The molecule has 0 bridgehead atoms. The van der Waals surface area contributed by atoms with Gasteiger partial charge in [-0.3, -0.25) is 19.8 Å². The summed E-state index contributed by atoms with van der Waals surface area (Å²) in [4.78, 5) is 48.6. The van der Waals surface area contributed by atoms with Crippen molar-refractivity contribution in [1.29, 1.82) is 0 Å². The third-order valence-corrected chi connectivity index (χ3v) is 4.01. The predicted molar refractivity (Wildman–Crippen MR) is 98.0 cm³/mol. The van der Waals surface area contributed by atoms with Crippen molar-refractivity contribution in [2.75, 3.05) is 6.61 Å². The molecule has 2 aromatic rings. The van der Waals surface area contributed by atoms with Crippen LogP contribution in [0.25, 0.3) is 6.08 Å². The molecule has 3 rings (SSSR count). The van der Waals surface area contributed by atoms with Crippen molar-refractivity contribution < 1.29 is 33.4 Å². The molecular formula is C20H15FN2O6. The van der Waals surface area contributed by atoms with Crippen LogP contribution < -0.4 is 10.1 Å². The van der Waals surface area contributed by atoms with E-state index in [0.717, 1.165) is 4.90 Å². The molecule has 0 spiro atoms. The lowest BCUT2D eigenvalue weighted by Gasteiger charge is -2.26. The number of ether oxygens (including phenoxy) is 1. The fourth-order valence-corrected chi connectivity index (χ4v) is 2.64. The molecule has 1 saturated heterocycles. The summed E-state index contributed by atoms with van der Waals surface area (Å²) in [7, 11) is 0. The molecule has 0 unspecified atom stereocenters. The van der Waals surface area contributed by atoms with Crippen molar-refractivity contribution in [3.63, 3.8) is 0 Å². The molecule has 1 fully saturated rings. The van der Waals surface area contributed by atoms with Gasteiger partial charge in [0.15, 0.2) is 6.61 Å². The molecular weight excluding hydrogens is 383 g/mol. The maximum absolute atomic E-state index is 13.1. The van der Waals surface area contributed by atoms with Gasteiger partial charge in [0.2, 0.25) is 0 Å². The van der Waals surface area contributed by atoms with Gasteiger partial charge in [0.05, 0.1) is 6.54 Å². The number of benzene rings is 2. The molecule has 0 aliphatic carbocycles. The second kappa shape index (κ2) is 8.34. The van der Waals surface area contributed by atoms with Crippen LogP contribution in [0.4, 0.5) is 9.18 Å². The van der Waals surface area contributed by atoms with Crippen molar-refractivity contribution >= 4 is 29.9 Å². The number of carboxylic acids is 1. The molecule has 1 aliphatic heterocycles. The number of hydrogen-bond acceptors (Lipinski definition) is 5. The van der Waals surface area contributed by atoms with E-state index in [1.54, 1.807) is 12.1 Å². The number of barbiturate groups is 1. The highest BCUT2D eigenvalue weighted by Crippen LogP contribution is 2.23. The first-order valence-electron chi connectivity index (χ1n) is 8.42. The second-order valence-corrected chi connectivity index (χ2v) is 6.06. The lowest BCUT2D eigenvalue weighted by Crippen LogP contribution is -2.53. The van der Waals surface area contributed by atoms with Crippen LogP contribution in [0.1, 0.15) is 11.1 Å². The Morgan fingerprint density at radius 3 is 2.48 bits per heavy atom. The minimum atomic E-state index is -1.19. The summed E-state index contributed by atoms with van der Waals surface area (Å²) < 4.78 is 18.2. The van der Waals surface area contributed by atoms with E-state index in [9.17, 15) is 23.6 Å². The van der Waals surface area contributed by atoms with E-state index in [4.69, 9.17) is 9.84 Å². The number of urea groups is 1. The van der Waals surface area contributed by atoms with Crippen LogP contribution in [-0.2, 0) is 20.9 Å². The average Bonchev–Trinajstić information content (AvgIpc) is 2.69. The smallest absolute Gasteiger partial charge is 0.341 e. The third-order valence-electron chi connectivity index (χ3n) is 4.01. The number of amides is 4. The molecule has 1 heterocycles. The van der Waals surface area contributed by atoms with Gasteiger partial charge in [0, 0.05) is 5.56 Å². The van der Waals surface area contributed by atoms with Gasteiger partial charge in [0.25, 0.3) is 11.8 Å². The molecule has 0 atom stereocenters. The molecule has 29 heavy (non-hydrogen) atoms. The molecule has 1 aliphatic rings. The first-order chi connectivity index (χ1) is 13.8. The lowest BCUT2D eigenvalue weighted by molar-refractivity contribution is -0.139. The third kappa shape index (κ3) is 4.64. The van der Waals surface area contributed by atoms with Gasteiger partial charge < -0.3 is 9.84 Å². The topological polar surface area (TPSA) is 113 Å². The molecule has 0 saturated carbocycles. The van der Waals surface area contributed by atoms with E-state index in [-0.39, 0.29) is 17.9 Å². The van der Waals surface area contributed by atoms with E-state index >= 15 is 0 Å². The Labute approximate surface area is 164 Å². The monoisotopic (exact) mass is 398 g/mol. The largest absolute Gasteiger partial charge is 0.481 e. The zero-order chi connectivity index (χ0) is 21.0. The number of hydrogen-bond donors (Lipinski definition) is 2. The van der Waals surface area contributed by atoms with E-state index < -0.39 is 36.2 Å². The summed E-state index contributed by atoms with van der Waals surface area (Å²) in [6.45, 7) is -0.762. The normalized spacial score (nSPS) is 15.4. The van der Waals surface area contributed by atoms with Gasteiger partial charge in [-0.25, -0.2) is 14.0 Å². The highest BCUT2D eigenvalue weighted by Gasteiger charge is 2.35. The summed E-state index contributed by atoms with van der Waals surface area (Å²) in [6.07, 6.45) is 1.22. The number of carbonyl (C=O) groups excluding carboxylic acids is 3. The summed E-state index contributed by atoms with van der Waals surface area (Å²) in [5, 5.41) is 10.8. The summed E-state index contributed by atoms with van der Waals surface area (Å²) in [5.41, 5.74) is 0.468. The van der Waals surface area contributed by atoms with Gasteiger partial charge in [-0.2, -0.15) is 0 Å². The van der Waals surface area contributed by atoms with Crippen molar-refractivity contribution in [1.82, 2.24) is 10.2 Å². The molecule has 4 amide bonds. The maximum Gasteiger partial charge on any atom is 0.341 e. The van der Waals surface area contributed by atoms with Crippen molar-refractivity contribution in [3.8, 4) is 5.75 Å². The van der Waals surface area contributed by atoms with Gasteiger partial charge in [0.1, 0.15) is 17.1 Å². The maximum atomic E-state index is 13.1. The van der Waals surface area contributed by atoms with Crippen LogP contribution in [0.15, 0.2) is 54.1 Å². The number of nitrogens with zero attached hydrogens (tertiary/aromatic N) is 1. The fourth-order valence-electron chi connectivity index (χ4n) is 2.64. The Kier molecular flexibility index (Phi) is 5.68. The number of nitrogens with one attached hydrogen (secondary N) is 1. The van der Waals surface area contributed by atoms with Crippen LogP contribution >= 0.6 is 0 Å². The summed E-state index contributed by atoms with van der Waals surface area (Å²) in [6, 6.07) is 10.6. The predicted octanol–water partition coefficient (Wildman–Crippen LogP) is 1.95. The van der Waals surface area contributed by atoms with Crippen LogP contribution in [-0.4, -0.2) is 40.4 Å². The Balaban J connectivity index is 1.89. The van der Waals surface area contributed by atoms with Gasteiger partial charge in [-0.15, -0.1) is 0 Å². The van der Waals surface area contributed by atoms with Crippen LogP contribution in [0.3, 0.4) is 0 Å². The molecule has 8 nitrogen and oxygen atoms in total. The van der Waals surface area contributed by atoms with Crippen LogP contribution in [0.5, 0.6) is 5.75 Å². The lowest BCUT2D eigenvalue weighted by atomic mass is 10.1. The van der Waals surface area contributed by atoms with Crippen molar-refractivity contribution in [2.45, 2.75) is 6.54 Å². The molecule has 0 aromatic heterocycles. The van der Waals surface area contributed by atoms with Gasteiger partial charge in [-0.1, -0.05) is 30.3 Å². The Bertz CT molecular complexity index is 1020. The number of aliphatic carboxylic acids is 1. The number of carbonyl (C=O) groups is 4. The molecule has 2 aromatic carbocycles. The number of rotatable bonds is 6. The minimum absolute atomic E-state index is 0.157.